The Labute approximate surface area is 157 Å². The van der Waals surface area contributed by atoms with Gasteiger partial charge in [0.2, 0.25) is 0 Å². The van der Waals surface area contributed by atoms with Crippen LogP contribution in [0, 0.1) is 11.3 Å². The highest BCUT2D eigenvalue weighted by Crippen LogP contribution is 2.19. The van der Waals surface area contributed by atoms with Crippen LogP contribution in [0.15, 0.2) is 29.3 Å². The molecular weight excluding hydrogens is 344 g/mol. The van der Waals surface area contributed by atoms with Crippen LogP contribution in [0.1, 0.15) is 42.5 Å². The molecule has 1 N–H and O–H groups in total. The maximum absolute atomic E-state index is 12.7. The minimum Gasteiger partial charge on any atom is -0.352 e. The van der Waals surface area contributed by atoms with Gasteiger partial charge in [0, 0.05) is 44.0 Å². The first kappa shape index (κ1) is 18.6. The molecule has 2 aromatic heterocycles. The Balaban J connectivity index is 1.72. The van der Waals surface area contributed by atoms with Crippen LogP contribution in [0.3, 0.4) is 0 Å². The van der Waals surface area contributed by atoms with E-state index in [1.54, 1.807) is 23.2 Å². The highest BCUT2D eigenvalue weighted by Gasteiger charge is 2.26. The zero-order chi connectivity index (χ0) is 19.6. The van der Waals surface area contributed by atoms with Gasteiger partial charge in [-0.05, 0) is 12.1 Å². The number of nitriles is 1. The first-order valence-corrected chi connectivity index (χ1v) is 8.80. The minimum absolute atomic E-state index is 0.0481. The molecule has 0 aliphatic carbocycles. The Hall–Kier alpha value is -3.21. The number of rotatable bonds is 2. The van der Waals surface area contributed by atoms with Crippen molar-refractivity contribution in [2.24, 2.45) is 0 Å². The molecule has 1 fully saturated rings. The van der Waals surface area contributed by atoms with E-state index in [-0.39, 0.29) is 16.9 Å². The van der Waals surface area contributed by atoms with Gasteiger partial charge in [-0.3, -0.25) is 9.59 Å². The number of hydrogen-bond donors (Lipinski definition) is 1. The smallest absolute Gasteiger partial charge is 0.263 e. The van der Waals surface area contributed by atoms with Gasteiger partial charge in [-0.25, -0.2) is 9.97 Å². The normalized spacial score (nSPS) is 14.7. The number of amides is 1. The molecule has 3 heterocycles. The van der Waals surface area contributed by atoms with Crippen LogP contribution in [-0.2, 0) is 5.41 Å². The van der Waals surface area contributed by atoms with Crippen LogP contribution < -0.4 is 10.5 Å². The largest absolute Gasteiger partial charge is 0.352 e. The Bertz CT molecular complexity index is 946. The van der Waals surface area contributed by atoms with Gasteiger partial charge < -0.3 is 14.8 Å². The molecule has 140 valence electrons. The quantitative estimate of drug-likeness (QED) is 0.859. The molecule has 27 heavy (non-hydrogen) atoms. The average molecular weight is 366 g/mol. The molecule has 0 unspecified atom stereocenters. The zero-order valence-corrected chi connectivity index (χ0v) is 15.7. The van der Waals surface area contributed by atoms with E-state index in [2.05, 4.69) is 21.0 Å². The summed E-state index contributed by atoms with van der Waals surface area (Å²) in [7, 11) is 0. The summed E-state index contributed by atoms with van der Waals surface area (Å²) in [6.45, 7) is 7.81. The third kappa shape index (κ3) is 3.82. The van der Waals surface area contributed by atoms with E-state index in [1.807, 2.05) is 25.7 Å². The molecular formula is C19H22N6O2. The Morgan fingerprint density at radius 1 is 1.22 bits per heavy atom. The number of aromatic nitrogens is 3. The Morgan fingerprint density at radius 2 is 1.93 bits per heavy atom. The molecule has 1 amide bonds. The molecule has 1 saturated heterocycles. The first-order valence-electron chi connectivity index (χ1n) is 8.80. The van der Waals surface area contributed by atoms with Gasteiger partial charge in [0.15, 0.2) is 0 Å². The molecule has 0 radical (unpaired) electrons. The van der Waals surface area contributed by atoms with E-state index >= 15 is 0 Å². The van der Waals surface area contributed by atoms with Crippen molar-refractivity contribution in [1.29, 1.82) is 5.26 Å². The molecule has 0 aromatic carbocycles. The molecule has 0 bridgehead atoms. The lowest BCUT2D eigenvalue weighted by Crippen LogP contribution is -2.50. The van der Waals surface area contributed by atoms with Gasteiger partial charge in [0.1, 0.15) is 23.3 Å². The Morgan fingerprint density at radius 3 is 2.52 bits per heavy atom. The molecule has 2 aromatic rings. The number of aromatic amines is 1. The van der Waals surface area contributed by atoms with Gasteiger partial charge >= 0.3 is 0 Å². The number of nitrogens with one attached hydrogen (secondary N) is 1. The number of hydrogen-bond acceptors (Lipinski definition) is 6. The van der Waals surface area contributed by atoms with Crippen LogP contribution in [0.5, 0.6) is 0 Å². The van der Waals surface area contributed by atoms with Crippen LogP contribution in [0.25, 0.3) is 0 Å². The van der Waals surface area contributed by atoms with Gasteiger partial charge in [-0.1, -0.05) is 20.8 Å². The van der Waals surface area contributed by atoms with Crippen molar-refractivity contribution in [1.82, 2.24) is 19.9 Å². The summed E-state index contributed by atoms with van der Waals surface area (Å²) in [4.78, 5) is 39.9. The molecule has 0 atom stereocenters. The standard InChI is InChI=1S/C19H22N6O2/c1-19(2,3)18-22-12-14(16(26)23-18)17(27)25-9-7-24(8-10-25)15-13(11-20)5-4-6-21-15/h4-6,12H,7-10H2,1-3H3,(H,22,23,26). The summed E-state index contributed by atoms with van der Waals surface area (Å²) in [5.74, 6) is 0.847. The van der Waals surface area contributed by atoms with E-state index < -0.39 is 5.56 Å². The van der Waals surface area contributed by atoms with Gasteiger partial charge in [-0.15, -0.1) is 0 Å². The summed E-state index contributed by atoms with van der Waals surface area (Å²) < 4.78 is 0. The Kier molecular flexibility index (Phi) is 4.95. The SMILES string of the molecule is CC(C)(C)c1ncc(C(=O)N2CCN(c3ncccc3C#N)CC2)c(=O)[nH]1. The molecule has 0 saturated carbocycles. The van der Waals surface area contributed by atoms with Gasteiger partial charge in [0.05, 0.1) is 5.56 Å². The third-order valence-electron chi connectivity index (χ3n) is 4.51. The molecule has 8 heteroatoms. The molecule has 3 rings (SSSR count). The second-order valence-corrected chi connectivity index (χ2v) is 7.49. The maximum Gasteiger partial charge on any atom is 0.263 e. The van der Waals surface area contributed by atoms with Crippen molar-refractivity contribution < 1.29 is 4.79 Å². The fourth-order valence-electron chi connectivity index (χ4n) is 2.96. The molecule has 0 spiro atoms. The number of carbonyl (C=O) groups excluding carboxylic acids is 1. The average Bonchev–Trinajstić information content (AvgIpc) is 2.67. The summed E-state index contributed by atoms with van der Waals surface area (Å²) in [6, 6.07) is 5.59. The second-order valence-electron chi connectivity index (χ2n) is 7.49. The fourth-order valence-corrected chi connectivity index (χ4v) is 2.96. The predicted octanol–water partition coefficient (Wildman–Crippen LogP) is 1.30. The molecule has 1 aliphatic rings. The van der Waals surface area contributed by atoms with Crippen molar-refractivity contribution in [3.05, 3.63) is 51.8 Å². The van der Waals surface area contributed by atoms with E-state index in [4.69, 9.17) is 0 Å². The van der Waals surface area contributed by atoms with Crippen molar-refractivity contribution in [2.45, 2.75) is 26.2 Å². The van der Waals surface area contributed by atoms with Crippen molar-refractivity contribution in [2.75, 3.05) is 31.1 Å². The lowest BCUT2D eigenvalue weighted by Gasteiger charge is -2.35. The summed E-state index contributed by atoms with van der Waals surface area (Å²) in [5.41, 5.74) is -0.158. The zero-order valence-electron chi connectivity index (χ0n) is 15.7. The monoisotopic (exact) mass is 366 g/mol. The lowest BCUT2D eigenvalue weighted by atomic mass is 9.96. The first-order chi connectivity index (χ1) is 12.8. The van der Waals surface area contributed by atoms with E-state index in [0.717, 1.165) is 0 Å². The topological polar surface area (TPSA) is 106 Å². The van der Waals surface area contributed by atoms with Crippen molar-refractivity contribution in [3.63, 3.8) is 0 Å². The molecule has 1 aliphatic heterocycles. The van der Waals surface area contributed by atoms with Crippen LogP contribution in [0.4, 0.5) is 5.82 Å². The summed E-state index contributed by atoms with van der Waals surface area (Å²) in [5, 5.41) is 9.22. The van der Waals surface area contributed by atoms with E-state index in [1.165, 1.54) is 6.20 Å². The number of anilines is 1. The van der Waals surface area contributed by atoms with Gasteiger partial charge in [-0.2, -0.15) is 5.26 Å². The lowest BCUT2D eigenvalue weighted by molar-refractivity contribution is 0.0744. The fraction of sp³-hybridized carbons (Fsp3) is 0.421. The van der Waals surface area contributed by atoms with Crippen LogP contribution in [0.2, 0.25) is 0 Å². The minimum atomic E-state index is -0.418. The maximum atomic E-state index is 12.7. The second kappa shape index (κ2) is 7.19. The van der Waals surface area contributed by atoms with E-state index in [0.29, 0.717) is 43.4 Å². The molecule has 8 nitrogen and oxygen atoms in total. The van der Waals surface area contributed by atoms with Crippen LogP contribution in [-0.4, -0.2) is 51.9 Å². The number of nitrogens with zero attached hydrogens (tertiary/aromatic N) is 5. The van der Waals surface area contributed by atoms with Crippen LogP contribution >= 0.6 is 0 Å². The van der Waals surface area contributed by atoms with Crippen molar-refractivity contribution in [3.8, 4) is 6.07 Å². The highest BCUT2D eigenvalue weighted by molar-refractivity contribution is 5.93. The van der Waals surface area contributed by atoms with E-state index in [9.17, 15) is 14.9 Å². The summed E-state index contributed by atoms with van der Waals surface area (Å²) in [6.07, 6.45) is 3.01. The number of pyridine rings is 1. The third-order valence-corrected chi connectivity index (χ3v) is 4.51. The number of piperazine rings is 1. The summed E-state index contributed by atoms with van der Waals surface area (Å²) >= 11 is 0. The van der Waals surface area contributed by atoms with Crippen molar-refractivity contribution >= 4 is 11.7 Å². The van der Waals surface area contributed by atoms with Gasteiger partial charge in [0.25, 0.3) is 11.5 Å². The number of carbonyl (C=O) groups is 1. The predicted molar refractivity (Wildman–Crippen MR) is 101 cm³/mol. The highest BCUT2D eigenvalue weighted by atomic mass is 16.2. The number of H-pyrrole nitrogens is 1.